The fraction of sp³-hybridized carbons (Fsp3) is 0.519. The third-order valence-corrected chi connectivity index (χ3v) is 7.14. The number of carbonyl (C=O) groups is 1. The summed E-state index contributed by atoms with van der Waals surface area (Å²) in [4.78, 5) is 11.5. The van der Waals surface area contributed by atoms with Crippen LogP contribution in [-0.2, 0) is 14.9 Å². The molecule has 0 aliphatic carbocycles. The van der Waals surface area contributed by atoms with Crippen molar-refractivity contribution in [3.05, 3.63) is 65.2 Å². The van der Waals surface area contributed by atoms with Gasteiger partial charge in [0.05, 0.1) is 5.56 Å². The number of benzene rings is 2. The van der Waals surface area contributed by atoms with Gasteiger partial charge in [-0.2, -0.15) is 30.4 Å². The second-order valence-electron chi connectivity index (χ2n) is 9.56. The zero-order chi connectivity index (χ0) is 30.9. The minimum absolute atomic E-state index is 0.0215. The standard InChI is InChI=1S/C14H19F3O2.C13H16F2O5S/c1-4-10(2)11-5-7-12(8-6-11)19-9-13(3,18)14(15,16)17;1-3-9(2)10-4-6-11(7-5-10)12(16)20-8-13(14,15)21(17,18)19/h5-8,10,18H,4,9H2,1-3H3;4-7,9H,3,8H2,1-2H3,(H,17,18,19). The van der Waals surface area contributed by atoms with Gasteiger partial charge in [-0.3, -0.25) is 4.55 Å². The third-order valence-electron chi connectivity index (χ3n) is 6.27. The number of ether oxygens (including phenoxy) is 2. The molecule has 0 aliphatic heterocycles. The normalized spacial score (nSPS) is 15.2. The van der Waals surface area contributed by atoms with Crippen molar-refractivity contribution in [1.82, 2.24) is 0 Å². The minimum Gasteiger partial charge on any atom is -0.490 e. The molecule has 0 bridgehead atoms. The van der Waals surface area contributed by atoms with Gasteiger partial charge in [0.2, 0.25) is 0 Å². The zero-order valence-corrected chi connectivity index (χ0v) is 23.7. The van der Waals surface area contributed by atoms with Gasteiger partial charge in [0.15, 0.2) is 12.2 Å². The van der Waals surface area contributed by atoms with Gasteiger partial charge >= 0.3 is 27.5 Å². The van der Waals surface area contributed by atoms with Crippen LogP contribution in [0.15, 0.2) is 48.5 Å². The molecule has 2 aromatic rings. The van der Waals surface area contributed by atoms with Crippen LogP contribution in [0.2, 0.25) is 0 Å². The van der Waals surface area contributed by atoms with E-state index in [0.717, 1.165) is 24.0 Å². The fourth-order valence-corrected chi connectivity index (χ4v) is 3.13. The molecule has 40 heavy (non-hydrogen) atoms. The Hall–Kier alpha value is -2.77. The molecule has 0 aliphatic rings. The molecule has 0 amide bonds. The average molecular weight is 599 g/mol. The Morgan fingerprint density at radius 2 is 1.27 bits per heavy atom. The van der Waals surface area contributed by atoms with Gasteiger partial charge < -0.3 is 14.6 Å². The maximum Gasteiger partial charge on any atom is 0.420 e. The highest BCUT2D eigenvalue weighted by atomic mass is 32.2. The maximum absolute atomic E-state index is 12.9. The lowest BCUT2D eigenvalue weighted by atomic mass is 9.98. The molecule has 13 heteroatoms. The van der Waals surface area contributed by atoms with Crippen molar-refractivity contribution in [3.63, 3.8) is 0 Å². The molecule has 0 saturated carbocycles. The van der Waals surface area contributed by atoms with E-state index in [1.54, 1.807) is 24.3 Å². The second kappa shape index (κ2) is 14.2. The largest absolute Gasteiger partial charge is 0.490 e. The number of halogens is 5. The van der Waals surface area contributed by atoms with Crippen LogP contribution in [0.5, 0.6) is 5.75 Å². The summed E-state index contributed by atoms with van der Waals surface area (Å²) in [6, 6.07) is 13.1. The molecule has 0 aromatic heterocycles. The highest BCUT2D eigenvalue weighted by Gasteiger charge is 2.50. The highest BCUT2D eigenvalue weighted by Crippen LogP contribution is 2.31. The van der Waals surface area contributed by atoms with E-state index < -0.39 is 46.3 Å². The van der Waals surface area contributed by atoms with Crippen LogP contribution in [-0.4, -0.2) is 54.3 Å². The number of rotatable bonds is 11. The Labute approximate surface area is 231 Å². The number of alkyl halides is 5. The van der Waals surface area contributed by atoms with E-state index in [2.05, 4.69) is 18.6 Å². The number of carbonyl (C=O) groups excluding carboxylic acids is 1. The molecule has 0 fully saturated rings. The van der Waals surface area contributed by atoms with Gasteiger partial charge in [-0.1, -0.05) is 52.0 Å². The summed E-state index contributed by atoms with van der Waals surface area (Å²) >= 11 is 0. The lowest BCUT2D eigenvalue weighted by Crippen LogP contribution is -2.47. The van der Waals surface area contributed by atoms with E-state index in [0.29, 0.717) is 24.5 Å². The van der Waals surface area contributed by atoms with E-state index in [9.17, 15) is 40.3 Å². The molecule has 7 nitrogen and oxygen atoms in total. The molecule has 0 heterocycles. The van der Waals surface area contributed by atoms with E-state index in [-0.39, 0.29) is 5.56 Å². The molecular weight excluding hydrogens is 563 g/mol. The summed E-state index contributed by atoms with van der Waals surface area (Å²) in [5, 5.41) is 4.71. The second-order valence-corrected chi connectivity index (χ2v) is 11.1. The summed E-state index contributed by atoms with van der Waals surface area (Å²) in [6.07, 6.45) is -2.81. The minimum atomic E-state index is -5.61. The van der Waals surface area contributed by atoms with Crippen molar-refractivity contribution in [2.45, 2.75) is 76.3 Å². The molecule has 226 valence electrons. The third kappa shape index (κ3) is 10.3. The lowest BCUT2D eigenvalue weighted by molar-refractivity contribution is -0.260. The molecule has 0 saturated heterocycles. The Balaban J connectivity index is 0.000000402. The SMILES string of the molecule is CCC(C)c1ccc(C(=O)OCC(F)(F)S(=O)(=O)O)cc1.CCC(C)c1ccc(OCC(C)(O)C(F)(F)F)cc1. The van der Waals surface area contributed by atoms with Crippen molar-refractivity contribution in [2.24, 2.45) is 0 Å². The van der Waals surface area contributed by atoms with Crippen LogP contribution in [0.3, 0.4) is 0 Å². The number of aliphatic hydroxyl groups is 1. The van der Waals surface area contributed by atoms with Crippen LogP contribution >= 0.6 is 0 Å². The summed E-state index contributed by atoms with van der Waals surface area (Å²) in [5.74, 6) is -0.0862. The van der Waals surface area contributed by atoms with Gasteiger partial charge in [0, 0.05) is 0 Å². The van der Waals surface area contributed by atoms with E-state index >= 15 is 0 Å². The Kier molecular flexibility index (Phi) is 12.5. The first kappa shape index (κ1) is 35.3. The first-order chi connectivity index (χ1) is 18.3. The Bertz CT molecular complexity index is 1180. The van der Waals surface area contributed by atoms with Gasteiger partial charge in [-0.15, -0.1) is 0 Å². The van der Waals surface area contributed by atoms with Gasteiger partial charge in [-0.25, -0.2) is 4.79 Å². The quantitative estimate of drug-likeness (QED) is 0.168. The summed E-state index contributed by atoms with van der Waals surface area (Å²) in [7, 11) is -5.61. The topological polar surface area (TPSA) is 110 Å². The summed E-state index contributed by atoms with van der Waals surface area (Å²) in [6.45, 7) is 6.28. The monoisotopic (exact) mass is 598 g/mol. The van der Waals surface area contributed by atoms with Gasteiger partial charge in [0.1, 0.15) is 12.4 Å². The molecule has 0 spiro atoms. The van der Waals surface area contributed by atoms with Crippen molar-refractivity contribution < 1.29 is 54.3 Å². The maximum atomic E-state index is 12.9. The molecule has 2 aromatic carbocycles. The van der Waals surface area contributed by atoms with E-state index in [1.165, 1.54) is 12.1 Å². The van der Waals surface area contributed by atoms with Crippen molar-refractivity contribution in [3.8, 4) is 5.75 Å². The predicted molar refractivity (Wildman–Crippen MR) is 139 cm³/mol. The molecule has 3 unspecified atom stereocenters. The molecule has 0 radical (unpaired) electrons. The Morgan fingerprint density at radius 3 is 1.65 bits per heavy atom. The Morgan fingerprint density at radius 1 is 0.850 bits per heavy atom. The van der Waals surface area contributed by atoms with E-state index in [1.807, 2.05) is 26.0 Å². The van der Waals surface area contributed by atoms with Gasteiger partial charge in [0.25, 0.3) is 0 Å². The summed E-state index contributed by atoms with van der Waals surface area (Å²) in [5.41, 5.74) is -0.731. The first-order valence-corrected chi connectivity index (χ1v) is 13.8. The molecule has 2 rings (SSSR count). The van der Waals surface area contributed by atoms with Crippen LogP contribution in [0, 0.1) is 0 Å². The fourth-order valence-electron chi connectivity index (χ4n) is 2.92. The summed E-state index contributed by atoms with van der Waals surface area (Å²) < 4.78 is 101. The van der Waals surface area contributed by atoms with E-state index in [4.69, 9.17) is 9.29 Å². The average Bonchev–Trinajstić information content (AvgIpc) is 2.89. The van der Waals surface area contributed by atoms with Crippen LogP contribution in [0.25, 0.3) is 0 Å². The number of hydrogen-bond donors (Lipinski definition) is 2. The molecule has 3 atom stereocenters. The highest BCUT2D eigenvalue weighted by molar-refractivity contribution is 7.86. The predicted octanol–water partition coefficient (Wildman–Crippen LogP) is 6.73. The molecular formula is C27H35F5O7S. The number of esters is 1. The van der Waals surface area contributed by atoms with Gasteiger partial charge in [-0.05, 0) is 67.0 Å². The van der Waals surface area contributed by atoms with Crippen LogP contribution in [0.1, 0.15) is 80.8 Å². The number of hydrogen-bond acceptors (Lipinski definition) is 6. The van der Waals surface area contributed by atoms with Crippen LogP contribution in [0.4, 0.5) is 22.0 Å². The smallest absolute Gasteiger partial charge is 0.420 e. The lowest BCUT2D eigenvalue weighted by Gasteiger charge is -2.26. The van der Waals surface area contributed by atoms with Crippen molar-refractivity contribution in [2.75, 3.05) is 13.2 Å². The van der Waals surface area contributed by atoms with Crippen LogP contribution < -0.4 is 4.74 Å². The first-order valence-electron chi connectivity index (χ1n) is 12.4. The van der Waals surface area contributed by atoms with Crippen molar-refractivity contribution >= 4 is 16.1 Å². The zero-order valence-electron chi connectivity index (χ0n) is 22.8. The van der Waals surface area contributed by atoms with Crippen molar-refractivity contribution in [1.29, 1.82) is 0 Å². The molecule has 2 N–H and O–H groups in total.